The first-order chi connectivity index (χ1) is 13.1. The van der Waals surface area contributed by atoms with Crippen LogP contribution in [0.15, 0.2) is 35.3 Å². The molecule has 0 spiro atoms. The molecule has 3 aromatic rings. The van der Waals surface area contributed by atoms with Crippen molar-refractivity contribution in [1.29, 1.82) is 0 Å². The lowest BCUT2D eigenvalue weighted by atomic mass is 10.1. The summed E-state index contributed by atoms with van der Waals surface area (Å²) in [5, 5.41) is 12.1. The molecule has 1 fully saturated rings. The fourth-order valence-corrected chi connectivity index (χ4v) is 3.00. The molecule has 0 radical (unpaired) electrons. The second-order valence-electron chi connectivity index (χ2n) is 6.28. The number of benzene rings is 1. The molecule has 140 valence electrons. The number of esters is 1. The smallest absolute Gasteiger partial charge is 0.364 e. The summed E-state index contributed by atoms with van der Waals surface area (Å²) in [5.74, 6) is -0.218. The number of hydrogen-bond acceptors (Lipinski definition) is 6. The first-order valence-corrected chi connectivity index (χ1v) is 8.99. The highest BCUT2D eigenvalue weighted by molar-refractivity contribution is 6.33. The van der Waals surface area contributed by atoms with Gasteiger partial charge in [-0.15, -0.1) is 0 Å². The van der Waals surface area contributed by atoms with Crippen molar-refractivity contribution in [3.8, 4) is 5.88 Å². The van der Waals surface area contributed by atoms with Gasteiger partial charge in [-0.2, -0.15) is 14.5 Å². The molecule has 4 rings (SSSR count). The largest absolute Gasteiger partial charge is 0.404 e. The maximum atomic E-state index is 12.4. The number of hydrogen-bond donors (Lipinski definition) is 0. The number of rotatable bonds is 6. The standard InChI is InChI=1S/C17H17ClN6O3/c1-2-22-15(7-8-19-22)27-16(25)13-6-3-11(9-14(13)18)10-23-17(26)24(21-20-23)12-4-5-12/h3,6-9,12H,2,4-5,10H2,1H3. The summed E-state index contributed by atoms with van der Waals surface area (Å²) in [7, 11) is 0. The minimum atomic E-state index is -0.571. The third kappa shape index (κ3) is 3.50. The summed E-state index contributed by atoms with van der Waals surface area (Å²) in [6, 6.07) is 6.69. The zero-order valence-corrected chi connectivity index (χ0v) is 15.3. The molecule has 10 heteroatoms. The van der Waals surface area contributed by atoms with Gasteiger partial charge in [0, 0.05) is 12.6 Å². The predicted molar refractivity (Wildman–Crippen MR) is 96.0 cm³/mol. The Balaban J connectivity index is 1.50. The molecule has 1 aliphatic carbocycles. The van der Waals surface area contributed by atoms with E-state index in [1.165, 1.54) is 9.36 Å². The molecule has 2 heterocycles. The summed E-state index contributed by atoms with van der Waals surface area (Å²) in [6.07, 6.45) is 3.47. The van der Waals surface area contributed by atoms with E-state index in [0.29, 0.717) is 12.4 Å². The maximum Gasteiger partial charge on any atom is 0.364 e. The first-order valence-electron chi connectivity index (χ1n) is 8.61. The van der Waals surface area contributed by atoms with Crippen LogP contribution in [-0.4, -0.2) is 35.5 Å². The van der Waals surface area contributed by atoms with Crippen LogP contribution >= 0.6 is 11.6 Å². The van der Waals surface area contributed by atoms with Crippen LogP contribution in [0.3, 0.4) is 0 Å². The van der Waals surface area contributed by atoms with Crippen molar-refractivity contribution in [3.63, 3.8) is 0 Å². The molecular formula is C17H17ClN6O3. The highest BCUT2D eigenvalue weighted by Gasteiger charge is 2.28. The van der Waals surface area contributed by atoms with Gasteiger partial charge in [-0.25, -0.2) is 14.3 Å². The van der Waals surface area contributed by atoms with Crippen molar-refractivity contribution in [2.75, 3.05) is 0 Å². The van der Waals surface area contributed by atoms with Crippen LogP contribution in [0, 0.1) is 0 Å². The average molecular weight is 389 g/mol. The lowest BCUT2D eigenvalue weighted by molar-refractivity contribution is 0.0718. The molecule has 0 unspecified atom stereocenters. The third-order valence-corrected chi connectivity index (χ3v) is 4.63. The van der Waals surface area contributed by atoms with Gasteiger partial charge in [-0.3, -0.25) is 0 Å². The Kier molecular flexibility index (Phi) is 4.53. The quantitative estimate of drug-likeness (QED) is 0.598. The zero-order chi connectivity index (χ0) is 19.0. The van der Waals surface area contributed by atoms with Crippen LogP contribution in [0.2, 0.25) is 5.02 Å². The molecule has 1 aromatic carbocycles. The topological polar surface area (TPSA) is 96.8 Å². The van der Waals surface area contributed by atoms with Crippen molar-refractivity contribution < 1.29 is 9.53 Å². The summed E-state index contributed by atoms with van der Waals surface area (Å²) in [4.78, 5) is 24.6. The molecule has 0 bridgehead atoms. The fraction of sp³-hybridized carbons (Fsp3) is 0.353. The van der Waals surface area contributed by atoms with Gasteiger partial charge < -0.3 is 4.74 Å². The second-order valence-corrected chi connectivity index (χ2v) is 6.69. The van der Waals surface area contributed by atoms with Crippen LogP contribution in [0.25, 0.3) is 0 Å². The second kappa shape index (κ2) is 6.99. The van der Waals surface area contributed by atoms with Crippen LogP contribution in [0.1, 0.15) is 41.7 Å². The molecule has 9 nitrogen and oxygen atoms in total. The molecule has 0 aliphatic heterocycles. The Bertz CT molecular complexity index is 1050. The number of carbonyl (C=O) groups is 1. The molecule has 0 amide bonds. The molecule has 27 heavy (non-hydrogen) atoms. The van der Waals surface area contributed by atoms with Gasteiger partial charge in [0.25, 0.3) is 0 Å². The normalized spacial score (nSPS) is 13.7. The van der Waals surface area contributed by atoms with Gasteiger partial charge in [0.2, 0.25) is 5.88 Å². The monoisotopic (exact) mass is 388 g/mol. The minimum Gasteiger partial charge on any atom is -0.404 e. The Labute approximate surface area is 159 Å². The maximum absolute atomic E-state index is 12.4. The molecule has 0 saturated heterocycles. The third-order valence-electron chi connectivity index (χ3n) is 4.31. The van der Waals surface area contributed by atoms with E-state index in [1.807, 2.05) is 6.92 Å². The number of ether oxygens (including phenoxy) is 1. The van der Waals surface area contributed by atoms with E-state index in [0.717, 1.165) is 18.4 Å². The lowest BCUT2D eigenvalue weighted by Gasteiger charge is -2.08. The van der Waals surface area contributed by atoms with Gasteiger partial charge >= 0.3 is 11.7 Å². The number of aromatic nitrogens is 6. The van der Waals surface area contributed by atoms with Crippen molar-refractivity contribution in [2.45, 2.75) is 38.9 Å². The Morgan fingerprint density at radius 2 is 2.07 bits per heavy atom. The zero-order valence-electron chi connectivity index (χ0n) is 14.6. The fourth-order valence-electron chi connectivity index (χ4n) is 2.72. The Morgan fingerprint density at radius 3 is 2.78 bits per heavy atom. The average Bonchev–Trinajstić information content (AvgIpc) is 3.29. The SMILES string of the molecule is CCn1nccc1OC(=O)c1ccc(Cn2nnn(C3CC3)c2=O)cc1Cl. The van der Waals surface area contributed by atoms with E-state index >= 15 is 0 Å². The van der Waals surface area contributed by atoms with E-state index in [4.69, 9.17) is 16.3 Å². The van der Waals surface area contributed by atoms with E-state index in [-0.39, 0.29) is 28.9 Å². The summed E-state index contributed by atoms with van der Waals surface area (Å²) < 4.78 is 9.61. The molecule has 2 aromatic heterocycles. The molecule has 1 saturated carbocycles. The Morgan fingerprint density at radius 1 is 1.26 bits per heavy atom. The lowest BCUT2D eigenvalue weighted by Crippen LogP contribution is -2.25. The van der Waals surface area contributed by atoms with E-state index < -0.39 is 5.97 Å². The molecule has 0 N–H and O–H groups in total. The van der Waals surface area contributed by atoms with Crippen LogP contribution in [0.5, 0.6) is 5.88 Å². The van der Waals surface area contributed by atoms with Gasteiger partial charge in [-0.05, 0) is 47.9 Å². The number of nitrogens with zero attached hydrogens (tertiary/aromatic N) is 6. The van der Waals surface area contributed by atoms with Gasteiger partial charge in [-0.1, -0.05) is 17.7 Å². The Hall–Kier alpha value is -2.94. The predicted octanol–water partition coefficient (Wildman–Crippen LogP) is 1.91. The van der Waals surface area contributed by atoms with Crippen LogP contribution < -0.4 is 10.4 Å². The van der Waals surface area contributed by atoms with Crippen molar-refractivity contribution in [1.82, 2.24) is 29.6 Å². The van der Waals surface area contributed by atoms with Crippen molar-refractivity contribution in [2.24, 2.45) is 0 Å². The molecule has 0 atom stereocenters. The number of carbonyl (C=O) groups excluding carboxylic acids is 1. The number of aryl methyl sites for hydroxylation is 1. The first kappa shape index (κ1) is 17.5. The van der Waals surface area contributed by atoms with E-state index in [2.05, 4.69) is 15.5 Å². The van der Waals surface area contributed by atoms with Gasteiger partial charge in [0.15, 0.2) is 0 Å². The van der Waals surface area contributed by atoms with Crippen molar-refractivity contribution >= 4 is 17.6 Å². The minimum absolute atomic E-state index is 0.170. The summed E-state index contributed by atoms with van der Waals surface area (Å²) >= 11 is 6.26. The highest BCUT2D eigenvalue weighted by atomic mass is 35.5. The van der Waals surface area contributed by atoms with E-state index in [9.17, 15) is 9.59 Å². The molecule has 1 aliphatic rings. The summed E-state index contributed by atoms with van der Waals surface area (Å²) in [5.41, 5.74) is 0.725. The number of tetrazole rings is 1. The van der Waals surface area contributed by atoms with Crippen LogP contribution in [-0.2, 0) is 13.1 Å². The number of halogens is 1. The van der Waals surface area contributed by atoms with Gasteiger partial charge in [0.1, 0.15) is 0 Å². The van der Waals surface area contributed by atoms with E-state index in [1.54, 1.807) is 35.1 Å². The van der Waals surface area contributed by atoms with Crippen LogP contribution in [0.4, 0.5) is 0 Å². The summed E-state index contributed by atoms with van der Waals surface area (Å²) in [6.45, 7) is 2.70. The molecular weight excluding hydrogens is 372 g/mol. The van der Waals surface area contributed by atoms with Gasteiger partial charge in [0.05, 0.1) is 29.4 Å². The highest BCUT2D eigenvalue weighted by Crippen LogP contribution is 2.32. The van der Waals surface area contributed by atoms with Crippen molar-refractivity contribution in [3.05, 3.63) is 57.1 Å².